The number of carbonyl (C=O) groups excluding carboxylic acids is 1. The number of hydrogen-bond acceptors (Lipinski definition) is 2. The van der Waals surface area contributed by atoms with Gasteiger partial charge in [0.25, 0.3) is 0 Å². The van der Waals surface area contributed by atoms with Gasteiger partial charge in [-0.05, 0) is 53.6 Å². The summed E-state index contributed by atoms with van der Waals surface area (Å²) in [5, 5.41) is 3.45. The molecule has 1 N–H and O–H groups in total. The van der Waals surface area contributed by atoms with Gasteiger partial charge < -0.3 is 10.1 Å². The smallest absolute Gasteiger partial charge is 0.248 e. The van der Waals surface area contributed by atoms with Crippen LogP contribution in [0.2, 0.25) is 5.02 Å². The summed E-state index contributed by atoms with van der Waals surface area (Å²) in [5.41, 5.74) is 2.69. The third-order valence-electron chi connectivity index (χ3n) is 3.65. The summed E-state index contributed by atoms with van der Waals surface area (Å²) in [4.78, 5) is 12.0. The molecule has 0 bridgehead atoms. The Balaban J connectivity index is 1.52. The molecule has 4 heteroatoms. The summed E-state index contributed by atoms with van der Waals surface area (Å²) in [7, 11) is 0. The van der Waals surface area contributed by atoms with Crippen molar-refractivity contribution >= 4 is 29.3 Å². The minimum Gasteiger partial charge on any atom is -0.489 e. The van der Waals surface area contributed by atoms with Crippen molar-refractivity contribution in [3.8, 4) is 5.75 Å². The fourth-order valence-corrected chi connectivity index (χ4v) is 2.54. The van der Waals surface area contributed by atoms with Crippen molar-refractivity contribution in [3.63, 3.8) is 0 Å². The topological polar surface area (TPSA) is 38.3 Å². The number of anilines is 1. The van der Waals surface area contributed by atoms with Crippen LogP contribution < -0.4 is 10.1 Å². The predicted molar refractivity (Wildman–Crippen MR) is 106 cm³/mol. The molecule has 0 saturated carbocycles. The largest absolute Gasteiger partial charge is 0.489 e. The Morgan fingerprint density at radius 2 is 1.73 bits per heavy atom. The van der Waals surface area contributed by atoms with E-state index < -0.39 is 0 Å². The van der Waals surface area contributed by atoms with E-state index in [1.54, 1.807) is 18.2 Å². The van der Waals surface area contributed by atoms with Gasteiger partial charge in [0.2, 0.25) is 5.91 Å². The SMILES string of the molecule is O=C(/C=C/c1cccc(Cl)c1)Nc1ccc(OCc2ccccc2)cc1. The van der Waals surface area contributed by atoms with Crippen molar-refractivity contribution in [2.75, 3.05) is 5.32 Å². The molecule has 130 valence electrons. The van der Waals surface area contributed by atoms with Crippen molar-refractivity contribution < 1.29 is 9.53 Å². The van der Waals surface area contributed by atoms with Gasteiger partial charge >= 0.3 is 0 Å². The number of benzene rings is 3. The molecule has 0 atom stereocenters. The van der Waals surface area contributed by atoms with E-state index in [0.29, 0.717) is 17.3 Å². The zero-order valence-corrected chi connectivity index (χ0v) is 14.8. The van der Waals surface area contributed by atoms with E-state index in [0.717, 1.165) is 16.9 Å². The molecule has 0 aliphatic rings. The number of ether oxygens (including phenoxy) is 1. The Morgan fingerprint density at radius 1 is 0.962 bits per heavy atom. The van der Waals surface area contributed by atoms with Crippen LogP contribution in [0.3, 0.4) is 0 Å². The monoisotopic (exact) mass is 363 g/mol. The second-order valence-electron chi connectivity index (χ2n) is 5.68. The lowest BCUT2D eigenvalue weighted by molar-refractivity contribution is -0.111. The molecule has 3 rings (SSSR count). The lowest BCUT2D eigenvalue weighted by Gasteiger charge is -2.07. The zero-order chi connectivity index (χ0) is 18.2. The van der Waals surface area contributed by atoms with E-state index in [2.05, 4.69) is 5.32 Å². The third kappa shape index (κ3) is 5.50. The Labute approximate surface area is 157 Å². The first kappa shape index (κ1) is 17.8. The highest BCUT2D eigenvalue weighted by Gasteiger charge is 2.00. The van der Waals surface area contributed by atoms with E-state index in [-0.39, 0.29) is 5.91 Å². The van der Waals surface area contributed by atoms with Crippen LogP contribution in [0, 0.1) is 0 Å². The summed E-state index contributed by atoms with van der Waals surface area (Å²) in [6, 6.07) is 24.6. The van der Waals surface area contributed by atoms with Gasteiger partial charge in [-0.1, -0.05) is 54.1 Å². The van der Waals surface area contributed by atoms with Crippen LogP contribution in [-0.4, -0.2) is 5.91 Å². The molecular formula is C22H18ClNO2. The molecular weight excluding hydrogens is 346 g/mol. The van der Waals surface area contributed by atoms with Gasteiger partial charge in [-0.3, -0.25) is 4.79 Å². The number of amides is 1. The van der Waals surface area contributed by atoms with Gasteiger partial charge in [-0.2, -0.15) is 0 Å². The molecule has 0 saturated heterocycles. The highest BCUT2D eigenvalue weighted by atomic mass is 35.5. The van der Waals surface area contributed by atoms with E-state index in [4.69, 9.17) is 16.3 Å². The van der Waals surface area contributed by atoms with Crippen LogP contribution in [0.5, 0.6) is 5.75 Å². The van der Waals surface area contributed by atoms with E-state index in [9.17, 15) is 4.79 Å². The van der Waals surface area contributed by atoms with Gasteiger partial charge in [0.05, 0.1) is 0 Å². The first-order valence-corrected chi connectivity index (χ1v) is 8.58. The van der Waals surface area contributed by atoms with Crippen molar-refractivity contribution in [2.45, 2.75) is 6.61 Å². The number of halogens is 1. The lowest BCUT2D eigenvalue weighted by atomic mass is 10.2. The third-order valence-corrected chi connectivity index (χ3v) is 3.88. The molecule has 0 unspecified atom stereocenters. The molecule has 0 aromatic heterocycles. The van der Waals surface area contributed by atoms with Gasteiger partial charge in [-0.15, -0.1) is 0 Å². The molecule has 3 aromatic rings. The highest BCUT2D eigenvalue weighted by molar-refractivity contribution is 6.30. The summed E-state index contributed by atoms with van der Waals surface area (Å²) in [5.74, 6) is 0.546. The molecule has 26 heavy (non-hydrogen) atoms. The van der Waals surface area contributed by atoms with Gasteiger partial charge in [0, 0.05) is 16.8 Å². The van der Waals surface area contributed by atoms with Crippen molar-refractivity contribution in [3.05, 3.63) is 101 Å². The maximum Gasteiger partial charge on any atom is 0.248 e. The lowest BCUT2D eigenvalue weighted by Crippen LogP contribution is -2.07. The van der Waals surface area contributed by atoms with Crippen molar-refractivity contribution in [1.82, 2.24) is 0 Å². The van der Waals surface area contributed by atoms with Gasteiger partial charge in [-0.25, -0.2) is 0 Å². The first-order valence-electron chi connectivity index (χ1n) is 8.20. The van der Waals surface area contributed by atoms with Gasteiger partial charge in [0.1, 0.15) is 12.4 Å². The molecule has 1 amide bonds. The fourth-order valence-electron chi connectivity index (χ4n) is 2.34. The van der Waals surface area contributed by atoms with Crippen molar-refractivity contribution in [1.29, 1.82) is 0 Å². The number of carbonyl (C=O) groups is 1. The van der Waals surface area contributed by atoms with E-state index in [1.165, 1.54) is 6.08 Å². The number of rotatable bonds is 6. The Hall–Kier alpha value is -3.04. The predicted octanol–water partition coefficient (Wildman–Crippen LogP) is 5.57. The van der Waals surface area contributed by atoms with Crippen molar-refractivity contribution in [2.24, 2.45) is 0 Å². The molecule has 0 spiro atoms. The number of hydrogen-bond donors (Lipinski definition) is 1. The summed E-state index contributed by atoms with van der Waals surface area (Å²) < 4.78 is 5.73. The van der Waals surface area contributed by atoms with Crippen LogP contribution in [0.4, 0.5) is 5.69 Å². The van der Waals surface area contributed by atoms with Crippen LogP contribution in [0.1, 0.15) is 11.1 Å². The first-order chi connectivity index (χ1) is 12.7. The van der Waals surface area contributed by atoms with Crippen LogP contribution in [0.25, 0.3) is 6.08 Å². The average Bonchev–Trinajstić information content (AvgIpc) is 2.67. The molecule has 3 aromatic carbocycles. The van der Waals surface area contributed by atoms with E-state index >= 15 is 0 Å². The summed E-state index contributed by atoms with van der Waals surface area (Å²) >= 11 is 5.92. The van der Waals surface area contributed by atoms with Crippen LogP contribution >= 0.6 is 11.6 Å². The second-order valence-corrected chi connectivity index (χ2v) is 6.11. The van der Waals surface area contributed by atoms with Gasteiger partial charge in [0.15, 0.2) is 0 Å². The minimum absolute atomic E-state index is 0.206. The van der Waals surface area contributed by atoms with E-state index in [1.807, 2.05) is 66.7 Å². The molecule has 3 nitrogen and oxygen atoms in total. The molecule has 0 aliphatic heterocycles. The Morgan fingerprint density at radius 3 is 2.46 bits per heavy atom. The average molecular weight is 364 g/mol. The molecule has 0 aliphatic carbocycles. The standard InChI is InChI=1S/C22H18ClNO2/c23-19-8-4-7-17(15-19)9-14-22(25)24-20-10-12-21(13-11-20)26-16-18-5-2-1-3-6-18/h1-15H,16H2,(H,24,25)/b14-9+. The quantitative estimate of drug-likeness (QED) is 0.581. The Kier molecular flexibility index (Phi) is 6.07. The highest BCUT2D eigenvalue weighted by Crippen LogP contribution is 2.17. The second kappa shape index (κ2) is 8.88. The summed E-state index contributed by atoms with van der Waals surface area (Å²) in [6.07, 6.45) is 3.20. The summed E-state index contributed by atoms with van der Waals surface area (Å²) in [6.45, 7) is 0.509. The maximum absolute atomic E-state index is 12.0. The minimum atomic E-state index is -0.206. The Bertz CT molecular complexity index is 890. The normalized spacial score (nSPS) is 10.7. The molecule has 0 radical (unpaired) electrons. The van der Waals surface area contributed by atoms with Crippen LogP contribution in [0.15, 0.2) is 84.9 Å². The zero-order valence-electron chi connectivity index (χ0n) is 14.1. The molecule has 0 heterocycles. The fraction of sp³-hybridized carbons (Fsp3) is 0.0455. The number of nitrogens with one attached hydrogen (secondary N) is 1. The molecule has 0 fully saturated rings. The van der Waals surface area contributed by atoms with Crippen LogP contribution in [-0.2, 0) is 11.4 Å². The maximum atomic E-state index is 12.0.